The molecule has 0 aromatic rings. The minimum atomic E-state index is 0.117. The van der Waals surface area contributed by atoms with Crippen LogP contribution in [0, 0.1) is 5.92 Å². The summed E-state index contributed by atoms with van der Waals surface area (Å²) >= 11 is 0. The molecule has 3 fully saturated rings. The van der Waals surface area contributed by atoms with Gasteiger partial charge in [-0.3, -0.25) is 4.79 Å². The third kappa shape index (κ3) is 2.96. The standard InChI is InChI=1S/C16H28N2O/c1-2-11-18(13-8-9-13)16(19)15-10-7-12-5-3-4-6-14(12)17-15/h12-15,17H,2-11H2,1H3. The molecule has 1 N–H and O–H groups in total. The van der Waals surface area contributed by atoms with Crippen molar-refractivity contribution >= 4 is 5.91 Å². The van der Waals surface area contributed by atoms with Gasteiger partial charge in [0.1, 0.15) is 0 Å². The van der Waals surface area contributed by atoms with E-state index in [-0.39, 0.29) is 6.04 Å². The summed E-state index contributed by atoms with van der Waals surface area (Å²) in [6.45, 7) is 3.13. The fourth-order valence-electron chi connectivity index (χ4n) is 3.99. The maximum atomic E-state index is 12.7. The highest BCUT2D eigenvalue weighted by molar-refractivity contribution is 5.82. The molecule has 3 aliphatic rings. The predicted octanol–water partition coefficient (Wildman–Crippen LogP) is 2.70. The van der Waals surface area contributed by atoms with E-state index in [0.717, 1.165) is 25.3 Å². The molecule has 0 aromatic heterocycles. The Kier molecular flexibility index (Phi) is 4.11. The third-order valence-electron chi connectivity index (χ3n) is 5.18. The van der Waals surface area contributed by atoms with E-state index in [0.29, 0.717) is 18.0 Å². The molecular weight excluding hydrogens is 236 g/mol. The number of hydrogen-bond acceptors (Lipinski definition) is 2. The lowest BCUT2D eigenvalue weighted by atomic mass is 9.77. The molecule has 19 heavy (non-hydrogen) atoms. The van der Waals surface area contributed by atoms with Gasteiger partial charge in [0.25, 0.3) is 0 Å². The lowest BCUT2D eigenvalue weighted by Crippen LogP contribution is -2.56. The Morgan fingerprint density at radius 1 is 1.11 bits per heavy atom. The normalized spacial score (nSPS) is 34.7. The van der Waals surface area contributed by atoms with Gasteiger partial charge in [-0.05, 0) is 50.9 Å². The summed E-state index contributed by atoms with van der Waals surface area (Å²) in [5.41, 5.74) is 0. The highest BCUT2D eigenvalue weighted by atomic mass is 16.2. The van der Waals surface area contributed by atoms with Crippen LogP contribution in [-0.4, -0.2) is 35.5 Å². The van der Waals surface area contributed by atoms with Crippen molar-refractivity contribution in [3.8, 4) is 0 Å². The number of nitrogens with zero attached hydrogens (tertiary/aromatic N) is 1. The molecule has 3 atom stereocenters. The van der Waals surface area contributed by atoms with Gasteiger partial charge in [-0.15, -0.1) is 0 Å². The van der Waals surface area contributed by atoms with Crippen molar-refractivity contribution in [2.75, 3.05) is 6.54 Å². The summed E-state index contributed by atoms with van der Waals surface area (Å²) in [6, 6.07) is 1.31. The molecule has 0 bridgehead atoms. The van der Waals surface area contributed by atoms with Gasteiger partial charge < -0.3 is 10.2 Å². The molecule has 108 valence electrons. The molecule has 1 aliphatic heterocycles. The van der Waals surface area contributed by atoms with Crippen molar-refractivity contribution in [3.63, 3.8) is 0 Å². The van der Waals surface area contributed by atoms with Gasteiger partial charge in [-0.1, -0.05) is 19.8 Å². The first kappa shape index (κ1) is 13.4. The lowest BCUT2D eigenvalue weighted by Gasteiger charge is -2.41. The van der Waals surface area contributed by atoms with Gasteiger partial charge in [-0.25, -0.2) is 0 Å². The molecule has 0 aromatic carbocycles. The van der Waals surface area contributed by atoms with Crippen molar-refractivity contribution < 1.29 is 4.79 Å². The Hall–Kier alpha value is -0.570. The Morgan fingerprint density at radius 2 is 1.89 bits per heavy atom. The van der Waals surface area contributed by atoms with Gasteiger partial charge in [-0.2, -0.15) is 0 Å². The number of fused-ring (bicyclic) bond motifs is 1. The maximum Gasteiger partial charge on any atom is 0.239 e. The Bertz CT molecular complexity index is 327. The lowest BCUT2D eigenvalue weighted by molar-refractivity contribution is -0.135. The first-order valence-corrected chi connectivity index (χ1v) is 8.36. The fourth-order valence-corrected chi connectivity index (χ4v) is 3.99. The molecule has 3 nitrogen and oxygen atoms in total. The van der Waals surface area contributed by atoms with E-state index in [9.17, 15) is 4.79 Å². The first-order valence-electron chi connectivity index (χ1n) is 8.36. The van der Waals surface area contributed by atoms with Crippen LogP contribution in [0.4, 0.5) is 0 Å². The fraction of sp³-hybridized carbons (Fsp3) is 0.938. The van der Waals surface area contributed by atoms with Crippen LogP contribution < -0.4 is 5.32 Å². The van der Waals surface area contributed by atoms with Crippen LogP contribution in [0.5, 0.6) is 0 Å². The second-order valence-corrected chi connectivity index (χ2v) is 6.71. The summed E-state index contributed by atoms with van der Waals surface area (Å²) in [4.78, 5) is 14.9. The molecule has 3 unspecified atom stereocenters. The molecule has 0 spiro atoms. The zero-order valence-electron chi connectivity index (χ0n) is 12.2. The van der Waals surface area contributed by atoms with Crippen LogP contribution in [0.2, 0.25) is 0 Å². The molecule has 1 amide bonds. The Morgan fingerprint density at radius 3 is 2.63 bits per heavy atom. The summed E-state index contributed by atoms with van der Waals surface area (Å²) in [5, 5.41) is 3.69. The molecule has 1 heterocycles. The summed E-state index contributed by atoms with van der Waals surface area (Å²) < 4.78 is 0. The molecule has 0 radical (unpaired) electrons. The number of carbonyl (C=O) groups excluding carboxylic acids is 1. The van der Waals surface area contributed by atoms with Gasteiger partial charge in [0.2, 0.25) is 5.91 Å². The van der Waals surface area contributed by atoms with Crippen molar-refractivity contribution in [2.24, 2.45) is 5.92 Å². The third-order valence-corrected chi connectivity index (χ3v) is 5.18. The zero-order valence-corrected chi connectivity index (χ0v) is 12.2. The summed E-state index contributed by atoms with van der Waals surface area (Å²) in [7, 11) is 0. The minimum absolute atomic E-state index is 0.117. The van der Waals surface area contributed by atoms with Crippen LogP contribution >= 0.6 is 0 Å². The topological polar surface area (TPSA) is 32.3 Å². The van der Waals surface area contributed by atoms with Crippen LogP contribution in [0.3, 0.4) is 0 Å². The zero-order chi connectivity index (χ0) is 13.2. The van der Waals surface area contributed by atoms with Gasteiger partial charge in [0.05, 0.1) is 6.04 Å². The van der Waals surface area contributed by atoms with E-state index in [4.69, 9.17) is 0 Å². The van der Waals surface area contributed by atoms with Gasteiger partial charge in [0, 0.05) is 18.6 Å². The summed E-state index contributed by atoms with van der Waals surface area (Å²) in [6.07, 6.45) is 11.3. The average Bonchev–Trinajstić information content (AvgIpc) is 3.28. The average molecular weight is 264 g/mol. The van der Waals surface area contributed by atoms with Crippen molar-refractivity contribution in [1.82, 2.24) is 10.2 Å². The Balaban J connectivity index is 1.60. The van der Waals surface area contributed by atoms with E-state index in [2.05, 4.69) is 17.1 Å². The largest absolute Gasteiger partial charge is 0.338 e. The highest BCUT2D eigenvalue weighted by Crippen LogP contribution is 2.34. The van der Waals surface area contributed by atoms with Gasteiger partial charge in [0.15, 0.2) is 0 Å². The SMILES string of the molecule is CCCN(C(=O)C1CCC2CCCCC2N1)C1CC1. The number of carbonyl (C=O) groups is 1. The monoisotopic (exact) mass is 264 g/mol. The van der Waals surface area contributed by atoms with Crippen LogP contribution in [0.1, 0.15) is 64.7 Å². The second-order valence-electron chi connectivity index (χ2n) is 6.71. The second kappa shape index (κ2) is 5.82. The predicted molar refractivity (Wildman–Crippen MR) is 76.9 cm³/mol. The Labute approximate surface area is 117 Å². The number of nitrogens with one attached hydrogen (secondary N) is 1. The minimum Gasteiger partial charge on any atom is -0.338 e. The molecule has 2 saturated carbocycles. The van der Waals surface area contributed by atoms with E-state index in [1.807, 2.05) is 0 Å². The summed E-state index contributed by atoms with van der Waals surface area (Å²) in [5.74, 6) is 1.24. The number of piperidine rings is 1. The van der Waals surface area contributed by atoms with Crippen molar-refractivity contribution in [1.29, 1.82) is 0 Å². The quantitative estimate of drug-likeness (QED) is 0.846. The highest BCUT2D eigenvalue weighted by Gasteiger charge is 2.39. The van der Waals surface area contributed by atoms with Crippen LogP contribution in [0.15, 0.2) is 0 Å². The maximum absolute atomic E-state index is 12.7. The number of hydrogen-bond donors (Lipinski definition) is 1. The molecular formula is C16H28N2O. The molecule has 3 heteroatoms. The molecule has 1 saturated heterocycles. The number of rotatable bonds is 4. The molecule has 2 aliphatic carbocycles. The number of amides is 1. The van der Waals surface area contributed by atoms with E-state index < -0.39 is 0 Å². The molecule has 3 rings (SSSR count). The van der Waals surface area contributed by atoms with E-state index in [1.54, 1.807) is 0 Å². The van der Waals surface area contributed by atoms with Crippen molar-refractivity contribution in [2.45, 2.75) is 82.8 Å². The van der Waals surface area contributed by atoms with E-state index >= 15 is 0 Å². The van der Waals surface area contributed by atoms with Crippen molar-refractivity contribution in [3.05, 3.63) is 0 Å². The first-order chi connectivity index (χ1) is 9.29. The smallest absolute Gasteiger partial charge is 0.239 e. The van der Waals surface area contributed by atoms with Gasteiger partial charge >= 0.3 is 0 Å². The van der Waals surface area contributed by atoms with Crippen LogP contribution in [0.25, 0.3) is 0 Å². The van der Waals surface area contributed by atoms with E-state index in [1.165, 1.54) is 44.9 Å². The van der Waals surface area contributed by atoms with Crippen LogP contribution in [-0.2, 0) is 4.79 Å².